The minimum absolute atomic E-state index is 0.124. The Morgan fingerprint density at radius 3 is 2.40 bits per heavy atom. The van der Waals surface area contributed by atoms with Crippen LogP contribution in [-0.2, 0) is 14.8 Å². The number of fused-ring (bicyclic) bond motifs is 5. The summed E-state index contributed by atoms with van der Waals surface area (Å²) in [5.74, 6) is 4.89. The van der Waals surface area contributed by atoms with Crippen LogP contribution in [0.25, 0.3) is 0 Å². The molecule has 0 bridgehead atoms. The number of amides is 1. The lowest BCUT2D eigenvalue weighted by atomic mass is 9.47. The quantitative estimate of drug-likeness (QED) is 0.283. The largest absolute Gasteiger partial charge is 0.446 e. The third kappa shape index (κ3) is 6.32. The molecule has 1 N–H and O–H groups in total. The van der Waals surface area contributed by atoms with Crippen molar-refractivity contribution in [3.8, 4) is 0 Å². The Bertz CT molecular complexity index is 1290. The summed E-state index contributed by atoms with van der Waals surface area (Å²) in [7, 11) is -0.504. The first kappa shape index (κ1) is 32.5. The van der Waals surface area contributed by atoms with E-state index in [4.69, 9.17) is 4.74 Å². The molecule has 0 aromatic heterocycles. The molecule has 3 saturated carbocycles. The number of hydrogen-bond acceptors (Lipinski definition) is 4. The molecule has 0 saturated heterocycles. The number of allylic oxidation sites excluding steroid dienone is 1. The van der Waals surface area contributed by atoms with Crippen LogP contribution >= 0.6 is 0 Å². The van der Waals surface area contributed by atoms with Gasteiger partial charge in [0.1, 0.15) is 6.10 Å². The molecule has 7 heteroatoms. The van der Waals surface area contributed by atoms with Gasteiger partial charge in [0, 0.05) is 26.2 Å². The van der Waals surface area contributed by atoms with Crippen LogP contribution in [0, 0.1) is 46.3 Å². The van der Waals surface area contributed by atoms with Crippen LogP contribution in [-0.4, -0.2) is 39.0 Å². The van der Waals surface area contributed by atoms with Crippen molar-refractivity contribution in [2.24, 2.45) is 46.3 Å². The standard InChI is InChI=1S/C36H56N2O4S/c1-24(2)9-8-10-25(3)31-17-18-32-30-16-11-26-23-28(19-21-35(26,4)33(30)20-22-36(31,32)5)42-34(39)37-27-12-14-29(15-13-27)43(40,41)38(6)7/h11-15,24-25,28,30-33H,8-10,16-23H2,1-7H3,(H,37,39)/t25-,28-,30+,31-,32+,33+,35+,36-/m1/s1. The highest BCUT2D eigenvalue weighted by Gasteiger charge is 2.59. The van der Waals surface area contributed by atoms with E-state index < -0.39 is 16.1 Å². The number of carbonyl (C=O) groups is 1. The lowest BCUT2D eigenvalue weighted by Gasteiger charge is -2.58. The van der Waals surface area contributed by atoms with Crippen molar-refractivity contribution in [1.82, 2.24) is 4.31 Å². The minimum atomic E-state index is -3.51. The summed E-state index contributed by atoms with van der Waals surface area (Å²) >= 11 is 0. The van der Waals surface area contributed by atoms with Crippen molar-refractivity contribution in [2.75, 3.05) is 19.4 Å². The van der Waals surface area contributed by atoms with Gasteiger partial charge in [-0.3, -0.25) is 5.32 Å². The van der Waals surface area contributed by atoms with Gasteiger partial charge in [-0.15, -0.1) is 0 Å². The summed E-state index contributed by atoms with van der Waals surface area (Å²) in [5.41, 5.74) is 2.75. The SMILES string of the molecule is CC(C)CCC[C@@H](C)[C@H]1CC[C@H]2[C@@H]3CC=C4C[C@H](OC(=O)Nc5ccc(S(=O)(=O)N(C)C)cc5)CC[C@]4(C)[C@H]3CC[C@]12C. The second-order valence-electron chi connectivity index (χ2n) is 15.5. The normalized spacial score (nSPS) is 34.6. The van der Waals surface area contributed by atoms with Crippen LogP contribution in [0.15, 0.2) is 40.8 Å². The molecule has 4 aliphatic rings. The van der Waals surface area contributed by atoms with Crippen LogP contribution in [0.4, 0.5) is 10.5 Å². The third-order valence-electron chi connectivity index (χ3n) is 12.4. The average molecular weight is 613 g/mol. The maximum atomic E-state index is 12.8. The fourth-order valence-electron chi connectivity index (χ4n) is 9.97. The lowest BCUT2D eigenvalue weighted by molar-refractivity contribution is -0.0577. The van der Waals surface area contributed by atoms with Gasteiger partial charge in [-0.2, -0.15) is 0 Å². The number of benzene rings is 1. The smallest absolute Gasteiger partial charge is 0.411 e. The van der Waals surface area contributed by atoms with E-state index in [1.165, 1.54) is 87.5 Å². The summed E-state index contributed by atoms with van der Waals surface area (Å²) in [6.45, 7) is 12.4. The van der Waals surface area contributed by atoms with Gasteiger partial charge in [0.25, 0.3) is 0 Å². The van der Waals surface area contributed by atoms with Gasteiger partial charge in [0.15, 0.2) is 0 Å². The van der Waals surface area contributed by atoms with Crippen molar-refractivity contribution < 1.29 is 17.9 Å². The number of nitrogens with one attached hydrogen (secondary N) is 1. The Hall–Kier alpha value is -1.86. The van der Waals surface area contributed by atoms with Crippen LogP contribution < -0.4 is 5.32 Å². The topological polar surface area (TPSA) is 75.7 Å². The zero-order valence-electron chi connectivity index (χ0n) is 27.7. The van der Waals surface area contributed by atoms with Crippen molar-refractivity contribution >= 4 is 21.8 Å². The molecule has 0 radical (unpaired) electrons. The van der Waals surface area contributed by atoms with Crippen molar-refractivity contribution in [3.63, 3.8) is 0 Å². The number of carbonyl (C=O) groups excluding carboxylic acids is 1. The van der Waals surface area contributed by atoms with E-state index >= 15 is 0 Å². The average Bonchev–Trinajstić information content (AvgIpc) is 3.30. The Morgan fingerprint density at radius 1 is 1.00 bits per heavy atom. The predicted octanol–water partition coefficient (Wildman–Crippen LogP) is 8.90. The zero-order chi connectivity index (χ0) is 31.2. The Balaban J connectivity index is 1.19. The van der Waals surface area contributed by atoms with Gasteiger partial charge in [0.2, 0.25) is 10.0 Å². The molecule has 1 aromatic rings. The molecule has 3 fully saturated rings. The summed E-state index contributed by atoms with van der Waals surface area (Å²) < 4.78 is 31.8. The van der Waals surface area contributed by atoms with E-state index in [1.807, 2.05) is 0 Å². The Morgan fingerprint density at radius 2 is 1.72 bits per heavy atom. The maximum Gasteiger partial charge on any atom is 0.411 e. The summed E-state index contributed by atoms with van der Waals surface area (Å²) in [6.07, 6.45) is 15.6. The first-order chi connectivity index (χ1) is 20.3. The summed E-state index contributed by atoms with van der Waals surface area (Å²) in [5, 5.41) is 2.80. The Labute approximate surface area is 261 Å². The Kier molecular flexibility index (Phi) is 9.46. The number of hydrogen-bond donors (Lipinski definition) is 1. The summed E-state index contributed by atoms with van der Waals surface area (Å²) in [4.78, 5) is 13.0. The number of nitrogens with zero attached hydrogens (tertiary/aromatic N) is 1. The second kappa shape index (κ2) is 12.5. The van der Waals surface area contributed by atoms with E-state index in [0.717, 1.165) is 54.8 Å². The van der Waals surface area contributed by atoms with Crippen LogP contribution in [0.1, 0.15) is 105 Å². The summed E-state index contributed by atoms with van der Waals surface area (Å²) in [6, 6.07) is 6.23. The molecule has 0 aliphatic heterocycles. The highest BCUT2D eigenvalue weighted by atomic mass is 32.2. The lowest BCUT2D eigenvalue weighted by Crippen LogP contribution is -2.51. The highest BCUT2D eigenvalue weighted by molar-refractivity contribution is 7.89. The second-order valence-corrected chi connectivity index (χ2v) is 17.6. The molecule has 240 valence electrons. The van der Waals surface area contributed by atoms with Gasteiger partial charge < -0.3 is 4.74 Å². The molecule has 1 amide bonds. The van der Waals surface area contributed by atoms with Crippen LogP contribution in [0.2, 0.25) is 0 Å². The van der Waals surface area contributed by atoms with E-state index in [9.17, 15) is 13.2 Å². The molecule has 4 aliphatic carbocycles. The van der Waals surface area contributed by atoms with E-state index in [1.54, 1.807) is 12.1 Å². The predicted molar refractivity (Wildman–Crippen MR) is 174 cm³/mol. The maximum absolute atomic E-state index is 12.8. The number of sulfonamides is 1. The van der Waals surface area contributed by atoms with Gasteiger partial charge in [0.05, 0.1) is 4.90 Å². The molecule has 6 nitrogen and oxygen atoms in total. The molecular weight excluding hydrogens is 556 g/mol. The molecule has 0 heterocycles. The highest BCUT2D eigenvalue weighted by Crippen LogP contribution is 2.67. The molecule has 5 rings (SSSR count). The molecule has 8 atom stereocenters. The van der Waals surface area contributed by atoms with Crippen molar-refractivity contribution in [2.45, 2.75) is 116 Å². The third-order valence-corrected chi connectivity index (χ3v) is 14.2. The van der Waals surface area contributed by atoms with Gasteiger partial charge in [-0.05, 0) is 116 Å². The monoisotopic (exact) mass is 612 g/mol. The fourth-order valence-corrected chi connectivity index (χ4v) is 10.9. The van der Waals surface area contributed by atoms with Gasteiger partial charge >= 0.3 is 6.09 Å². The van der Waals surface area contributed by atoms with E-state index in [2.05, 4.69) is 46.0 Å². The zero-order valence-corrected chi connectivity index (χ0v) is 28.5. The van der Waals surface area contributed by atoms with Crippen molar-refractivity contribution in [1.29, 1.82) is 0 Å². The minimum Gasteiger partial charge on any atom is -0.446 e. The van der Waals surface area contributed by atoms with Crippen LogP contribution in [0.3, 0.4) is 0 Å². The van der Waals surface area contributed by atoms with Gasteiger partial charge in [-0.1, -0.05) is 65.5 Å². The molecule has 0 unspecified atom stereocenters. The fraction of sp³-hybridized carbons (Fsp3) is 0.750. The van der Waals surface area contributed by atoms with Crippen LogP contribution in [0.5, 0.6) is 0 Å². The molecular formula is C36H56N2O4S. The first-order valence-corrected chi connectivity index (χ1v) is 18.4. The number of anilines is 1. The molecule has 43 heavy (non-hydrogen) atoms. The number of ether oxygens (including phenoxy) is 1. The molecule has 0 spiro atoms. The number of rotatable bonds is 9. The van der Waals surface area contributed by atoms with E-state index in [0.29, 0.717) is 11.1 Å². The van der Waals surface area contributed by atoms with E-state index in [-0.39, 0.29) is 16.4 Å². The first-order valence-electron chi connectivity index (χ1n) is 17.0. The van der Waals surface area contributed by atoms with Crippen molar-refractivity contribution in [3.05, 3.63) is 35.9 Å². The van der Waals surface area contributed by atoms with Gasteiger partial charge in [-0.25, -0.2) is 17.5 Å². The molecule has 1 aromatic carbocycles.